The van der Waals surface area contributed by atoms with Crippen molar-refractivity contribution in [2.24, 2.45) is 17.8 Å². The van der Waals surface area contributed by atoms with Crippen LogP contribution >= 0.6 is 23.9 Å². The number of ketones is 1. The van der Waals surface area contributed by atoms with Gasteiger partial charge < -0.3 is 9.84 Å². The summed E-state index contributed by atoms with van der Waals surface area (Å²) in [5.74, 6) is 1.08. The molecule has 0 spiro atoms. The van der Waals surface area contributed by atoms with Gasteiger partial charge in [0.15, 0.2) is 0 Å². The largest absolute Gasteiger partial charge is 0.457 e. The molecule has 3 heterocycles. The fourth-order valence-electron chi connectivity index (χ4n) is 4.94. The zero-order valence-corrected chi connectivity index (χ0v) is 17.7. The number of aliphatic hydroxyl groups excluding tert-OH is 1. The third kappa shape index (κ3) is 3.61. The van der Waals surface area contributed by atoms with E-state index in [1.807, 2.05) is 18.4 Å². The second-order valence-electron chi connectivity index (χ2n) is 8.15. The smallest absolute Gasteiger partial charge is 0.338 e. The topological polar surface area (TPSA) is 79.7 Å². The monoisotopic (exact) mass is 434 g/mol. The Morgan fingerprint density at radius 3 is 2.83 bits per heavy atom. The molecule has 8 heteroatoms. The number of carbonyl (C=O) groups excluding carboxylic acids is 2. The summed E-state index contributed by atoms with van der Waals surface area (Å²) in [5.41, 5.74) is 4.31. The predicted octanol–water partition coefficient (Wildman–Crippen LogP) is 2.57. The maximum atomic E-state index is 12.5. The van der Waals surface area contributed by atoms with Crippen LogP contribution in [0, 0.1) is 24.7 Å². The molecule has 0 radical (unpaired) electrons. The zero-order chi connectivity index (χ0) is 19.4. The summed E-state index contributed by atoms with van der Waals surface area (Å²) in [6.45, 7) is 4.51. The number of ether oxygens (including phenoxy) is 1. The fourth-order valence-corrected chi connectivity index (χ4v) is 5.48. The van der Waals surface area contributed by atoms with Gasteiger partial charge in [-0.25, -0.2) is 9.17 Å². The molecule has 0 amide bonds. The third-order valence-electron chi connectivity index (χ3n) is 6.50. The summed E-state index contributed by atoms with van der Waals surface area (Å²) in [4.78, 5) is 26.4. The van der Waals surface area contributed by atoms with Crippen LogP contribution in [0.15, 0.2) is 23.7 Å². The quantitative estimate of drug-likeness (QED) is 0.704. The molecule has 0 bridgehead atoms. The SMILES string of the molecule is Cc1c([C@@H](O)CN2CC3C(C2)C3C(=O)Cc2cnsc2)ccc2c1COC2=O.Cl. The second-order valence-corrected chi connectivity index (χ2v) is 8.80. The van der Waals surface area contributed by atoms with Gasteiger partial charge in [-0.1, -0.05) is 6.07 Å². The molecule has 1 N–H and O–H groups in total. The maximum absolute atomic E-state index is 12.5. The summed E-state index contributed by atoms with van der Waals surface area (Å²) in [7, 11) is 0. The van der Waals surface area contributed by atoms with Gasteiger partial charge >= 0.3 is 5.97 Å². The molecular weight excluding hydrogens is 412 g/mol. The Kier molecular flexibility index (Phi) is 5.50. The first kappa shape index (κ1) is 20.5. The van der Waals surface area contributed by atoms with Crippen molar-refractivity contribution >= 4 is 35.7 Å². The molecule has 3 aliphatic rings. The molecule has 1 saturated carbocycles. The number of rotatable bonds is 6. The lowest BCUT2D eigenvalue weighted by atomic mass is 9.95. The van der Waals surface area contributed by atoms with Crippen molar-refractivity contribution in [3.05, 3.63) is 51.5 Å². The number of aromatic nitrogens is 1. The minimum absolute atomic E-state index is 0. The Bertz CT molecular complexity index is 936. The molecule has 1 saturated heterocycles. The van der Waals surface area contributed by atoms with Gasteiger partial charge in [-0.2, -0.15) is 0 Å². The predicted molar refractivity (Wildman–Crippen MR) is 110 cm³/mol. The number of hydrogen-bond donors (Lipinski definition) is 1. The van der Waals surface area contributed by atoms with Crippen molar-refractivity contribution in [3.8, 4) is 0 Å². The highest BCUT2D eigenvalue weighted by molar-refractivity contribution is 7.03. The highest BCUT2D eigenvalue weighted by Gasteiger charge is 2.58. The molecule has 29 heavy (non-hydrogen) atoms. The molecule has 1 aromatic heterocycles. The number of carbonyl (C=O) groups is 2. The number of likely N-dealkylation sites (tertiary alicyclic amines) is 1. The number of piperidine rings is 1. The van der Waals surface area contributed by atoms with E-state index in [4.69, 9.17) is 4.74 Å². The first-order chi connectivity index (χ1) is 13.5. The van der Waals surface area contributed by atoms with Crippen molar-refractivity contribution < 1.29 is 19.4 Å². The molecule has 154 valence electrons. The van der Waals surface area contributed by atoms with E-state index in [0.717, 1.165) is 35.3 Å². The standard InChI is InChI=1S/C21H22N2O4S.ClH/c1-11-13(2-3-14-17(11)9-27-21(14)26)19(25)8-23-6-15-16(7-23)20(15)18(24)4-12-5-22-28-10-12;/h2-3,5,10,15-16,19-20,25H,4,6-9H2,1H3;1H/t15?,16?,19-,20?;/m0./s1. The van der Waals surface area contributed by atoms with Gasteiger partial charge in [0, 0.05) is 49.1 Å². The van der Waals surface area contributed by atoms with E-state index in [9.17, 15) is 14.7 Å². The van der Waals surface area contributed by atoms with E-state index in [2.05, 4.69) is 9.27 Å². The molecule has 5 rings (SSSR count). The van der Waals surface area contributed by atoms with Gasteiger partial charge in [-0.3, -0.25) is 9.69 Å². The van der Waals surface area contributed by atoms with Gasteiger partial charge in [0.2, 0.25) is 0 Å². The molecule has 2 aliphatic heterocycles. The van der Waals surface area contributed by atoms with Crippen molar-refractivity contribution in [2.45, 2.75) is 26.1 Å². The van der Waals surface area contributed by atoms with E-state index in [1.54, 1.807) is 12.3 Å². The zero-order valence-electron chi connectivity index (χ0n) is 16.0. The average molecular weight is 435 g/mol. The molecule has 6 nitrogen and oxygen atoms in total. The molecule has 2 fully saturated rings. The van der Waals surface area contributed by atoms with E-state index in [-0.39, 0.29) is 30.9 Å². The second kappa shape index (κ2) is 7.80. The average Bonchev–Trinajstić information content (AvgIpc) is 3.11. The number of fused-ring (bicyclic) bond motifs is 2. The number of cyclic esters (lactones) is 1. The summed E-state index contributed by atoms with van der Waals surface area (Å²) in [6.07, 6.45) is 1.66. The number of β-amino-alcohol motifs (C(OH)–C–C–N with tert-alkyl or cyclic N) is 1. The Balaban J connectivity index is 0.00000205. The molecule has 3 atom stereocenters. The van der Waals surface area contributed by atoms with Crippen molar-refractivity contribution in [3.63, 3.8) is 0 Å². The molecular formula is C21H23ClN2O4S. The lowest BCUT2D eigenvalue weighted by molar-refractivity contribution is -0.120. The number of esters is 1. The Morgan fingerprint density at radius 2 is 2.14 bits per heavy atom. The van der Waals surface area contributed by atoms with Gasteiger partial charge in [0.1, 0.15) is 12.4 Å². The highest BCUT2D eigenvalue weighted by atomic mass is 35.5. The van der Waals surface area contributed by atoms with Crippen LogP contribution in [0.1, 0.15) is 38.7 Å². The van der Waals surface area contributed by atoms with Crippen LogP contribution in [0.4, 0.5) is 0 Å². The van der Waals surface area contributed by atoms with Crippen LogP contribution < -0.4 is 0 Å². The molecule has 2 unspecified atom stereocenters. The Labute approximate surface area is 179 Å². The number of hydrogen-bond acceptors (Lipinski definition) is 7. The van der Waals surface area contributed by atoms with Crippen LogP contribution in [-0.4, -0.2) is 45.8 Å². The molecule has 1 aromatic carbocycles. The van der Waals surface area contributed by atoms with Crippen molar-refractivity contribution in [1.82, 2.24) is 9.27 Å². The van der Waals surface area contributed by atoms with E-state index < -0.39 is 6.10 Å². The van der Waals surface area contributed by atoms with E-state index >= 15 is 0 Å². The molecule has 2 aromatic rings. The summed E-state index contributed by atoms with van der Waals surface area (Å²) < 4.78 is 9.16. The minimum Gasteiger partial charge on any atom is -0.457 e. The number of nitrogens with zero attached hydrogens (tertiary/aromatic N) is 2. The lowest BCUT2D eigenvalue weighted by Gasteiger charge is -2.24. The normalized spacial score (nSPS) is 25.7. The number of Topliss-reactive ketones (excluding diaryl/α,β-unsaturated/α-hetero) is 1. The number of benzene rings is 1. The Morgan fingerprint density at radius 1 is 1.38 bits per heavy atom. The van der Waals surface area contributed by atoms with Crippen LogP contribution in [0.25, 0.3) is 0 Å². The van der Waals surface area contributed by atoms with Crippen LogP contribution in [0.3, 0.4) is 0 Å². The van der Waals surface area contributed by atoms with Gasteiger partial charge in [0.05, 0.1) is 11.7 Å². The first-order valence-electron chi connectivity index (χ1n) is 9.64. The van der Waals surface area contributed by atoms with Crippen LogP contribution in [0.5, 0.6) is 0 Å². The van der Waals surface area contributed by atoms with E-state index in [1.165, 1.54) is 11.5 Å². The maximum Gasteiger partial charge on any atom is 0.338 e. The van der Waals surface area contributed by atoms with Crippen molar-refractivity contribution in [1.29, 1.82) is 0 Å². The Hall–Kier alpha value is -1.80. The summed E-state index contributed by atoms with van der Waals surface area (Å²) >= 11 is 1.38. The summed E-state index contributed by atoms with van der Waals surface area (Å²) in [5, 5.41) is 12.7. The van der Waals surface area contributed by atoms with Crippen LogP contribution in [0.2, 0.25) is 0 Å². The summed E-state index contributed by atoms with van der Waals surface area (Å²) in [6, 6.07) is 3.59. The van der Waals surface area contributed by atoms with Crippen LogP contribution in [-0.2, 0) is 22.6 Å². The van der Waals surface area contributed by atoms with Gasteiger partial charge in [-0.15, -0.1) is 12.4 Å². The first-order valence-corrected chi connectivity index (χ1v) is 10.5. The molecule has 1 aliphatic carbocycles. The van der Waals surface area contributed by atoms with Gasteiger partial charge in [-0.05, 0) is 53.0 Å². The fraction of sp³-hybridized carbons (Fsp3) is 0.476. The van der Waals surface area contributed by atoms with Gasteiger partial charge in [0.25, 0.3) is 0 Å². The number of aliphatic hydroxyl groups is 1. The number of halogens is 1. The van der Waals surface area contributed by atoms with Crippen molar-refractivity contribution in [2.75, 3.05) is 19.6 Å². The van der Waals surface area contributed by atoms with E-state index in [0.29, 0.717) is 36.1 Å². The third-order valence-corrected chi connectivity index (χ3v) is 7.14. The lowest BCUT2D eigenvalue weighted by Crippen LogP contribution is -2.31. The minimum atomic E-state index is -0.607. The highest BCUT2D eigenvalue weighted by Crippen LogP contribution is 2.52.